The molecule has 0 aromatic heterocycles. The zero-order chi connectivity index (χ0) is 16.1. The molecule has 1 aromatic rings. The van der Waals surface area contributed by atoms with Crippen LogP contribution < -0.4 is 5.32 Å². The van der Waals surface area contributed by atoms with Crippen molar-refractivity contribution < 1.29 is 14.0 Å². The Balaban J connectivity index is 2.22. The minimum atomic E-state index is -0.404. The second kappa shape index (κ2) is 7.38. The lowest BCUT2D eigenvalue weighted by Crippen LogP contribution is -2.46. The monoisotopic (exact) mass is 306 g/mol. The summed E-state index contributed by atoms with van der Waals surface area (Å²) in [5.74, 6) is -0.746. The maximum atomic E-state index is 13.5. The summed E-state index contributed by atoms with van der Waals surface area (Å²) in [4.78, 5) is 26.0. The molecule has 2 atom stereocenters. The molecule has 120 valence electrons. The van der Waals surface area contributed by atoms with Crippen LogP contribution in [0, 0.1) is 11.7 Å². The number of likely N-dealkylation sites (tertiary alicyclic amines) is 1. The van der Waals surface area contributed by atoms with Gasteiger partial charge in [0.2, 0.25) is 11.8 Å². The molecule has 0 unspecified atom stereocenters. The van der Waals surface area contributed by atoms with Gasteiger partial charge in [0.15, 0.2) is 0 Å². The Morgan fingerprint density at radius 3 is 2.91 bits per heavy atom. The van der Waals surface area contributed by atoms with Crippen LogP contribution in [0.15, 0.2) is 24.3 Å². The Hall–Kier alpha value is -1.91. The van der Waals surface area contributed by atoms with E-state index in [0.717, 1.165) is 12.8 Å². The molecule has 1 saturated heterocycles. The molecular weight excluding hydrogens is 283 g/mol. The smallest absolute Gasteiger partial charge is 0.225 e. The molecule has 1 heterocycles. The van der Waals surface area contributed by atoms with Crippen LogP contribution in [0.25, 0.3) is 0 Å². The number of carbonyl (C=O) groups excluding carboxylic acids is 2. The van der Waals surface area contributed by atoms with Gasteiger partial charge in [-0.1, -0.05) is 25.5 Å². The predicted octanol–water partition coefficient (Wildman–Crippen LogP) is 2.65. The van der Waals surface area contributed by atoms with Gasteiger partial charge in [0.05, 0.1) is 12.0 Å². The molecule has 1 aliphatic heterocycles. The van der Waals surface area contributed by atoms with Crippen LogP contribution in [0.5, 0.6) is 0 Å². The third kappa shape index (κ3) is 3.64. The first-order valence-electron chi connectivity index (χ1n) is 7.83. The summed E-state index contributed by atoms with van der Waals surface area (Å²) in [7, 11) is 1.68. The molecule has 1 N–H and O–H groups in total. The third-order valence-electron chi connectivity index (χ3n) is 4.22. The summed E-state index contributed by atoms with van der Waals surface area (Å²) in [6.07, 6.45) is 2.80. The molecule has 1 aromatic carbocycles. The van der Waals surface area contributed by atoms with E-state index in [1.54, 1.807) is 24.1 Å². The second-order valence-corrected chi connectivity index (χ2v) is 5.79. The molecule has 0 spiro atoms. The predicted molar refractivity (Wildman–Crippen MR) is 82.6 cm³/mol. The van der Waals surface area contributed by atoms with Gasteiger partial charge in [-0.05, 0) is 30.5 Å². The van der Waals surface area contributed by atoms with E-state index in [1.165, 1.54) is 12.1 Å². The number of benzene rings is 1. The van der Waals surface area contributed by atoms with Crippen LogP contribution in [0.2, 0.25) is 0 Å². The zero-order valence-electron chi connectivity index (χ0n) is 13.1. The topological polar surface area (TPSA) is 49.4 Å². The fourth-order valence-corrected chi connectivity index (χ4v) is 2.98. The van der Waals surface area contributed by atoms with Crippen LogP contribution in [0.4, 0.5) is 4.39 Å². The molecule has 1 fully saturated rings. The average molecular weight is 306 g/mol. The van der Waals surface area contributed by atoms with Crippen molar-refractivity contribution in [3.63, 3.8) is 0 Å². The fraction of sp³-hybridized carbons (Fsp3) is 0.529. The van der Waals surface area contributed by atoms with Crippen molar-refractivity contribution in [2.24, 2.45) is 5.92 Å². The van der Waals surface area contributed by atoms with Crippen LogP contribution in [-0.4, -0.2) is 30.3 Å². The summed E-state index contributed by atoms with van der Waals surface area (Å²) < 4.78 is 13.5. The molecule has 1 aliphatic rings. The van der Waals surface area contributed by atoms with Gasteiger partial charge in [0.25, 0.3) is 0 Å². The van der Waals surface area contributed by atoms with Crippen molar-refractivity contribution in [2.75, 3.05) is 13.6 Å². The third-order valence-corrected chi connectivity index (χ3v) is 4.22. The quantitative estimate of drug-likeness (QED) is 0.850. The first-order valence-corrected chi connectivity index (χ1v) is 7.83. The van der Waals surface area contributed by atoms with E-state index in [1.807, 2.05) is 0 Å². The number of piperidine rings is 1. The molecule has 0 aliphatic carbocycles. The van der Waals surface area contributed by atoms with Gasteiger partial charge in [-0.15, -0.1) is 0 Å². The number of nitrogens with zero attached hydrogens (tertiary/aromatic N) is 1. The van der Waals surface area contributed by atoms with Crippen LogP contribution >= 0.6 is 0 Å². The number of halogens is 1. The van der Waals surface area contributed by atoms with Gasteiger partial charge in [-0.25, -0.2) is 4.39 Å². The minimum Gasteiger partial charge on any atom is -0.356 e. The van der Waals surface area contributed by atoms with Gasteiger partial charge < -0.3 is 10.2 Å². The summed E-state index contributed by atoms with van der Waals surface area (Å²) in [6.45, 7) is 2.70. The zero-order valence-corrected chi connectivity index (χ0v) is 13.1. The normalized spacial score (nSPS) is 21.8. The van der Waals surface area contributed by atoms with Crippen molar-refractivity contribution in [3.05, 3.63) is 35.6 Å². The van der Waals surface area contributed by atoms with Gasteiger partial charge in [0, 0.05) is 20.0 Å². The number of carbonyl (C=O) groups is 2. The standard InChI is InChI=1S/C17H23FN2O2/c1-3-4-10-19-17(22)14-8-9-15(21)20(2)16(14)12-6-5-7-13(18)11-12/h5-7,11,14,16H,3-4,8-10H2,1-2H3,(H,19,22)/t14-,16-/m0/s1. The Labute approximate surface area is 130 Å². The van der Waals surface area contributed by atoms with Gasteiger partial charge in [-0.2, -0.15) is 0 Å². The van der Waals surface area contributed by atoms with E-state index in [4.69, 9.17) is 0 Å². The Bertz CT molecular complexity index is 547. The van der Waals surface area contributed by atoms with Crippen molar-refractivity contribution in [1.82, 2.24) is 10.2 Å². The average Bonchev–Trinajstić information content (AvgIpc) is 2.50. The SMILES string of the molecule is CCCCNC(=O)[C@H]1CCC(=O)N(C)[C@H]1c1cccc(F)c1. The molecule has 0 radical (unpaired) electrons. The van der Waals surface area contributed by atoms with E-state index in [0.29, 0.717) is 24.9 Å². The maximum Gasteiger partial charge on any atom is 0.225 e. The van der Waals surface area contributed by atoms with E-state index >= 15 is 0 Å². The largest absolute Gasteiger partial charge is 0.356 e. The van der Waals surface area contributed by atoms with Crippen LogP contribution in [0.1, 0.15) is 44.2 Å². The maximum absolute atomic E-state index is 13.5. The lowest BCUT2D eigenvalue weighted by atomic mass is 9.84. The number of unbranched alkanes of at least 4 members (excludes halogenated alkanes) is 1. The van der Waals surface area contributed by atoms with Crippen molar-refractivity contribution in [2.45, 2.75) is 38.6 Å². The van der Waals surface area contributed by atoms with Gasteiger partial charge in [0.1, 0.15) is 5.82 Å². The minimum absolute atomic E-state index is 0.00753. The summed E-state index contributed by atoms with van der Waals surface area (Å²) in [5.41, 5.74) is 0.672. The summed E-state index contributed by atoms with van der Waals surface area (Å²) in [6, 6.07) is 5.76. The lowest BCUT2D eigenvalue weighted by molar-refractivity contribution is -0.141. The van der Waals surface area contributed by atoms with Crippen molar-refractivity contribution >= 4 is 11.8 Å². The van der Waals surface area contributed by atoms with Gasteiger partial charge in [-0.3, -0.25) is 9.59 Å². The molecule has 22 heavy (non-hydrogen) atoms. The van der Waals surface area contributed by atoms with Crippen molar-refractivity contribution in [3.8, 4) is 0 Å². The number of nitrogens with one attached hydrogen (secondary N) is 1. The number of rotatable bonds is 5. The van der Waals surface area contributed by atoms with E-state index in [-0.39, 0.29) is 23.5 Å². The molecular formula is C17H23FN2O2. The highest BCUT2D eigenvalue weighted by molar-refractivity contribution is 5.84. The molecule has 0 bridgehead atoms. The summed E-state index contributed by atoms with van der Waals surface area (Å²) in [5, 5.41) is 2.93. The molecule has 2 amide bonds. The molecule has 4 nitrogen and oxygen atoms in total. The molecule has 5 heteroatoms. The Morgan fingerprint density at radius 2 is 2.23 bits per heavy atom. The highest BCUT2D eigenvalue weighted by atomic mass is 19.1. The first-order chi connectivity index (χ1) is 10.5. The number of amides is 2. The molecule has 2 rings (SSSR count). The van der Waals surface area contributed by atoms with Crippen LogP contribution in [-0.2, 0) is 9.59 Å². The Kier molecular flexibility index (Phi) is 5.52. The number of hydrogen-bond acceptors (Lipinski definition) is 2. The highest BCUT2D eigenvalue weighted by Crippen LogP contribution is 2.36. The van der Waals surface area contributed by atoms with Crippen LogP contribution in [0.3, 0.4) is 0 Å². The van der Waals surface area contributed by atoms with E-state index in [9.17, 15) is 14.0 Å². The van der Waals surface area contributed by atoms with E-state index in [2.05, 4.69) is 12.2 Å². The van der Waals surface area contributed by atoms with E-state index < -0.39 is 6.04 Å². The van der Waals surface area contributed by atoms with Crippen molar-refractivity contribution in [1.29, 1.82) is 0 Å². The summed E-state index contributed by atoms with van der Waals surface area (Å²) >= 11 is 0. The number of hydrogen-bond donors (Lipinski definition) is 1. The second-order valence-electron chi connectivity index (χ2n) is 5.79. The lowest BCUT2D eigenvalue weighted by Gasteiger charge is -2.38. The molecule has 0 saturated carbocycles. The fourth-order valence-electron chi connectivity index (χ4n) is 2.98. The highest BCUT2D eigenvalue weighted by Gasteiger charge is 2.38. The Morgan fingerprint density at radius 1 is 1.45 bits per heavy atom. The van der Waals surface area contributed by atoms with Gasteiger partial charge >= 0.3 is 0 Å². The first kappa shape index (κ1) is 16.5.